The highest BCUT2D eigenvalue weighted by atomic mass is 16.7. The van der Waals surface area contributed by atoms with Gasteiger partial charge < -0.3 is 39.0 Å². The number of hydrogen-bond acceptors (Lipinski definition) is 11. The van der Waals surface area contributed by atoms with Gasteiger partial charge in [0, 0.05) is 19.3 Å². The molecular formula is C73H122O12. The molecule has 0 saturated carbocycles. The van der Waals surface area contributed by atoms with Gasteiger partial charge in [0.05, 0.1) is 6.61 Å². The molecule has 1 heterocycles. The molecule has 0 radical (unpaired) electrons. The number of carbonyl (C=O) groups is 4. The van der Waals surface area contributed by atoms with Gasteiger partial charge >= 0.3 is 23.9 Å². The smallest absolute Gasteiger partial charge is 0.335 e. The van der Waals surface area contributed by atoms with Gasteiger partial charge in [0.1, 0.15) is 18.8 Å². The minimum atomic E-state index is -1.92. The second-order valence-electron chi connectivity index (χ2n) is 23.1. The van der Waals surface area contributed by atoms with E-state index in [-0.39, 0.29) is 25.9 Å². The fourth-order valence-corrected chi connectivity index (χ4v) is 9.93. The van der Waals surface area contributed by atoms with E-state index >= 15 is 0 Å². The number of ether oxygens (including phenoxy) is 5. The summed E-state index contributed by atoms with van der Waals surface area (Å²) in [6.45, 7) is 5.87. The third kappa shape index (κ3) is 49.3. The van der Waals surface area contributed by atoms with Gasteiger partial charge in [0.25, 0.3) is 0 Å². The molecule has 0 spiro atoms. The second kappa shape index (κ2) is 59.9. The lowest BCUT2D eigenvalue weighted by molar-refractivity contribution is -0.301. The lowest BCUT2D eigenvalue weighted by atomic mass is 9.98. The van der Waals surface area contributed by atoms with E-state index in [4.69, 9.17) is 23.7 Å². The van der Waals surface area contributed by atoms with Crippen molar-refractivity contribution in [3.05, 3.63) is 97.2 Å². The number of aliphatic hydroxyl groups is 2. The third-order valence-corrected chi connectivity index (χ3v) is 15.1. The SMILES string of the molecule is CC/C=C\C/C=C\C/C=C\C/C=C\C/C=C\CCCCCC(=O)OC1C(OCC(COC(=O)CCCCCCCC/C=C\C/C=C\C/C=C\CCCCC)OC(=O)CCCCCCCCCCCCCCCCCCC)OC(C(=O)O)C(O)C1O. The molecule has 0 aromatic heterocycles. The molecule has 1 fully saturated rings. The van der Waals surface area contributed by atoms with E-state index in [0.29, 0.717) is 19.3 Å². The molecule has 1 rings (SSSR count). The molecule has 12 nitrogen and oxygen atoms in total. The summed E-state index contributed by atoms with van der Waals surface area (Å²) >= 11 is 0. The summed E-state index contributed by atoms with van der Waals surface area (Å²) in [6.07, 6.45) is 67.8. The fraction of sp³-hybridized carbons (Fsp3) is 0.726. The number of allylic oxidation sites excluding steroid dienone is 16. The van der Waals surface area contributed by atoms with Gasteiger partial charge in [0.2, 0.25) is 0 Å². The summed E-state index contributed by atoms with van der Waals surface area (Å²) in [5.74, 6) is -3.17. The van der Waals surface area contributed by atoms with Crippen molar-refractivity contribution < 1.29 is 58.2 Å². The average molecular weight is 1190 g/mol. The number of carboxylic acids is 1. The van der Waals surface area contributed by atoms with Crippen molar-refractivity contribution in [3.63, 3.8) is 0 Å². The number of aliphatic carboxylic acids is 1. The van der Waals surface area contributed by atoms with Crippen LogP contribution in [0.4, 0.5) is 0 Å². The number of rotatable bonds is 58. The summed E-state index contributed by atoms with van der Waals surface area (Å²) in [6, 6.07) is 0. The van der Waals surface area contributed by atoms with E-state index in [9.17, 15) is 34.5 Å². The number of carbonyl (C=O) groups excluding carboxylic acids is 3. The Kier molecular flexibility index (Phi) is 55.5. The Balaban J connectivity index is 2.68. The zero-order chi connectivity index (χ0) is 61.7. The first kappa shape index (κ1) is 78.7. The van der Waals surface area contributed by atoms with E-state index < -0.39 is 67.3 Å². The molecule has 85 heavy (non-hydrogen) atoms. The molecule has 486 valence electrons. The van der Waals surface area contributed by atoms with Gasteiger partial charge in [-0.25, -0.2) is 4.79 Å². The highest BCUT2D eigenvalue weighted by Gasteiger charge is 2.50. The number of unbranched alkanes of at least 4 members (excludes halogenated alkanes) is 28. The van der Waals surface area contributed by atoms with E-state index in [1.807, 2.05) is 0 Å². The number of aliphatic hydroxyl groups excluding tert-OH is 2. The predicted molar refractivity (Wildman–Crippen MR) is 349 cm³/mol. The topological polar surface area (TPSA) is 175 Å². The van der Waals surface area contributed by atoms with Crippen LogP contribution in [0.5, 0.6) is 0 Å². The molecule has 3 N–H and O–H groups in total. The van der Waals surface area contributed by atoms with Gasteiger partial charge in [-0.3, -0.25) is 14.4 Å². The van der Waals surface area contributed by atoms with E-state index in [2.05, 4.69) is 118 Å². The van der Waals surface area contributed by atoms with Crippen LogP contribution in [0.3, 0.4) is 0 Å². The zero-order valence-electron chi connectivity index (χ0n) is 53.8. The maximum absolute atomic E-state index is 13.2. The summed E-state index contributed by atoms with van der Waals surface area (Å²) in [5, 5.41) is 31.6. The first-order valence-electron chi connectivity index (χ1n) is 34.2. The quantitative estimate of drug-likeness (QED) is 0.0228. The van der Waals surface area contributed by atoms with Crippen molar-refractivity contribution in [3.8, 4) is 0 Å². The first-order chi connectivity index (χ1) is 41.6. The molecule has 1 aliphatic rings. The molecule has 0 amide bonds. The molecule has 0 aromatic carbocycles. The van der Waals surface area contributed by atoms with Crippen LogP contribution in [0.2, 0.25) is 0 Å². The molecule has 0 aromatic rings. The minimum Gasteiger partial charge on any atom is -0.479 e. The van der Waals surface area contributed by atoms with E-state index in [1.165, 1.54) is 109 Å². The van der Waals surface area contributed by atoms with Crippen molar-refractivity contribution in [2.24, 2.45) is 0 Å². The molecule has 0 aliphatic carbocycles. The van der Waals surface area contributed by atoms with Crippen molar-refractivity contribution in [1.82, 2.24) is 0 Å². The molecule has 6 atom stereocenters. The van der Waals surface area contributed by atoms with Crippen molar-refractivity contribution in [2.45, 2.75) is 327 Å². The van der Waals surface area contributed by atoms with Gasteiger partial charge in [-0.05, 0) is 103 Å². The summed E-state index contributed by atoms with van der Waals surface area (Å²) < 4.78 is 28.6. The molecule has 1 aliphatic heterocycles. The van der Waals surface area contributed by atoms with E-state index in [0.717, 1.165) is 122 Å². The summed E-state index contributed by atoms with van der Waals surface area (Å²) in [5.41, 5.74) is 0. The third-order valence-electron chi connectivity index (χ3n) is 15.1. The Hall–Kier alpha value is -4.36. The van der Waals surface area contributed by atoms with Gasteiger partial charge in [-0.1, -0.05) is 266 Å². The van der Waals surface area contributed by atoms with Crippen molar-refractivity contribution in [1.29, 1.82) is 0 Å². The Bertz CT molecular complexity index is 1840. The Morgan fingerprint density at radius 1 is 0.400 bits per heavy atom. The van der Waals surface area contributed by atoms with E-state index in [1.54, 1.807) is 0 Å². The van der Waals surface area contributed by atoms with Gasteiger partial charge in [0.15, 0.2) is 24.6 Å². The summed E-state index contributed by atoms with van der Waals surface area (Å²) in [7, 11) is 0. The normalized spacial score (nSPS) is 18.1. The first-order valence-corrected chi connectivity index (χ1v) is 34.2. The molecule has 1 saturated heterocycles. The molecule has 12 heteroatoms. The standard InChI is InChI=1S/C73H122O12/c1-4-7-10-13-16-19-22-25-28-31-33-36-38-41-44-47-50-53-56-59-65(74)81-62-64(83-66(75)60-57-54-51-48-45-42-39-35-30-27-24-21-18-15-12-9-6-3)63-82-73-71(69(78)68(77)70(85-73)72(79)80)84-67(76)61-58-55-52-49-46-43-40-37-34-32-29-26-23-20-17-14-11-8-5-2/h8,11,16-17,19-20,25-26,28-29,33-34,36-37,43,46,64,68-71,73,77-78H,4-7,9-10,12-15,18,21-24,27,30-32,35,38-42,44-45,47-63H2,1-3H3,(H,79,80)/b11-8-,19-16-,20-17-,28-25-,29-26-,36-33-,37-34-,46-43-. The van der Waals surface area contributed by atoms with Gasteiger partial charge in [-0.2, -0.15) is 0 Å². The number of esters is 3. The van der Waals surface area contributed by atoms with Crippen LogP contribution in [0.25, 0.3) is 0 Å². The van der Waals surface area contributed by atoms with Crippen molar-refractivity contribution >= 4 is 23.9 Å². The number of hydrogen-bond donors (Lipinski definition) is 3. The second-order valence-corrected chi connectivity index (χ2v) is 23.1. The predicted octanol–water partition coefficient (Wildman–Crippen LogP) is 18.8. The van der Waals surface area contributed by atoms with Crippen LogP contribution in [0, 0.1) is 0 Å². The van der Waals surface area contributed by atoms with Crippen molar-refractivity contribution in [2.75, 3.05) is 13.2 Å². The van der Waals surface area contributed by atoms with Crippen LogP contribution >= 0.6 is 0 Å². The largest absolute Gasteiger partial charge is 0.479 e. The highest BCUT2D eigenvalue weighted by Crippen LogP contribution is 2.27. The monoisotopic (exact) mass is 1190 g/mol. The molecule has 0 bridgehead atoms. The van der Waals surface area contributed by atoms with Gasteiger partial charge in [-0.15, -0.1) is 0 Å². The number of carboxylic acid groups (broad SMARTS) is 1. The maximum atomic E-state index is 13.2. The Morgan fingerprint density at radius 2 is 0.741 bits per heavy atom. The van der Waals surface area contributed by atoms with Crippen LogP contribution in [0.15, 0.2) is 97.2 Å². The maximum Gasteiger partial charge on any atom is 0.335 e. The van der Waals surface area contributed by atoms with Crippen LogP contribution in [0.1, 0.15) is 290 Å². The summed E-state index contributed by atoms with van der Waals surface area (Å²) in [4.78, 5) is 51.4. The minimum absolute atomic E-state index is 0.0174. The van der Waals surface area contributed by atoms with Crippen LogP contribution < -0.4 is 0 Å². The average Bonchev–Trinajstić information content (AvgIpc) is 2.79. The van der Waals surface area contributed by atoms with Crippen LogP contribution in [-0.2, 0) is 42.9 Å². The Labute approximate surface area is 517 Å². The van der Waals surface area contributed by atoms with Crippen LogP contribution in [-0.4, -0.2) is 89.2 Å². The molecular weight excluding hydrogens is 1070 g/mol. The lowest BCUT2D eigenvalue weighted by Gasteiger charge is -2.40. The Morgan fingerprint density at radius 3 is 1.16 bits per heavy atom. The lowest BCUT2D eigenvalue weighted by Crippen LogP contribution is -2.61. The zero-order valence-corrected chi connectivity index (χ0v) is 53.8. The molecule has 6 unspecified atom stereocenters. The highest BCUT2D eigenvalue weighted by molar-refractivity contribution is 5.74. The fourth-order valence-electron chi connectivity index (χ4n) is 9.93.